The summed E-state index contributed by atoms with van der Waals surface area (Å²) < 4.78 is 0. The van der Waals surface area contributed by atoms with Crippen LogP contribution in [0.2, 0.25) is 0 Å². The van der Waals surface area contributed by atoms with Gasteiger partial charge in [0, 0.05) is 19.0 Å². The van der Waals surface area contributed by atoms with Crippen molar-refractivity contribution >= 4 is 0 Å². The van der Waals surface area contributed by atoms with E-state index in [0.717, 1.165) is 18.9 Å². The van der Waals surface area contributed by atoms with E-state index < -0.39 is 0 Å². The molecule has 1 nitrogen and oxygen atoms in total. The van der Waals surface area contributed by atoms with E-state index in [1.54, 1.807) is 0 Å². The van der Waals surface area contributed by atoms with E-state index in [1.165, 1.54) is 25.7 Å². The molecule has 0 spiro atoms. The standard InChI is InChI=1S/C11H19N/c1-3-5-8-12-11(4-2)9-10-6-7-10/h1,10-12H,4-9H2,2H3. The normalized spacial score (nSPS) is 18.7. The number of rotatable bonds is 6. The third kappa shape index (κ3) is 3.78. The fourth-order valence-electron chi connectivity index (χ4n) is 1.50. The quantitative estimate of drug-likeness (QED) is 0.470. The van der Waals surface area contributed by atoms with E-state index in [-0.39, 0.29) is 0 Å². The Labute approximate surface area is 75.9 Å². The van der Waals surface area contributed by atoms with Crippen LogP contribution in [0.5, 0.6) is 0 Å². The molecule has 0 aromatic heterocycles. The fraction of sp³-hybridized carbons (Fsp3) is 0.818. The smallest absolute Gasteiger partial charge is 0.0211 e. The van der Waals surface area contributed by atoms with Crippen LogP contribution >= 0.6 is 0 Å². The molecule has 1 unspecified atom stereocenters. The van der Waals surface area contributed by atoms with Crippen LogP contribution in [-0.2, 0) is 0 Å². The van der Waals surface area contributed by atoms with Crippen molar-refractivity contribution in [3.05, 3.63) is 0 Å². The van der Waals surface area contributed by atoms with Crippen LogP contribution in [0.15, 0.2) is 0 Å². The predicted molar refractivity (Wildman–Crippen MR) is 52.9 cm³/mol. The van der Waals surface area contributed by atoms with E-state index in [2.05, 4.69) is 18.2 Å². The average Bonchev–Trinajstić information content (AvgIpc) is 2.87. The Morgan fingerprint density at radius 2 is 2.33 bits per heavy atom. The summed E-state index contributed by atoms with van der Waals surface area (Å²) in [4.78, 5) is 0. The monoisotopic (exact) mass is 165 g/mol. The number of hydrogen-bond donors (Lipinski definition) is 1. The van der Waals surface area contributed by atoms with Crippen molar-refractivity contribution in [1.82, 2.24) is 5.32 Å². The lowest BCUT2D eigenvalue weighted by atomic mass is 10.1. The van der Waals surface area contributed by atoms with E-state index >= 15 is 0 Å². The van der Waals surface area contributed by atoms with E-state index in [1.807, 2.05) is 0 Å². The highest BCUT2D eigenvalue weighted by atomic mass is 14.9. The molecule has 68 valence electrons. The highest BCUT2D eigenvalue weighted by Gasteiger charge is 2.24. The lowest BCUT2D eigenvalue weighted by Crippen LogP contribution is -2.29. The first-order chi connectivity index (χ1) is 5.86. The molecule has 1 heteroatoms. The third-order valence-electron chi connectivity index (χ3n) is 2.51. The maximum absolute atomic E-state index is 5.18. The minimum Gasteiger partial charge on any atom is -0.313 e. The Bertz CT molecular complexity index is 153. The van der Waals surface area contributed by atoms with Crippen LogP contribution in [0.4, 0.5) is 0 Å². The largest absolute Gasteiger partial charge is 0.313 e. The first kappa shape index (κ1) is 9.61. The molecule has 0 aromatic rings. The number of hydrogen-bond acceptors (Lipinski definition) is 1. The Morgan fingerprint density at radius 1 is 1.58 bits per heavy atom. The van der Waals surface area contributed by atoms with Gasteiger partial charge in [-0.15, -0.1) is 12.3 Å². The van der Waals surface area contributed by atoms with Crippen molar-refractivity contribution in [2.24, 2.45) is 5.92 Å². The molecule has 1 saturated carbocycles. The zero-order valence-electron chi connectivity index (χ0n) is 7.97. The topological polar surface area (TPSA) is 12.0 Å². The Kier molecular flexibility index (Phi) is 4.18. The molecule has 1 N–H and O–H groups in total. The fourth-order valence-corrected chi connectivity index (χ4v) is 1.50. The summed E-state index contributed by atoms with van der Waals surface area (Å²) >= 11 is 0. The Hall–Kier alpha value is -0.480. The van der Waals surface area contributed by atoms with Crippen molar-refractivity contribution in [3.8, 4) is 12.3 Å². The van der Waals surface area contributed by atoms with E-state index in [4.69, 9.17) is 6.42 Å². The van der Waals surface area contributed by atoms with Gasteiger partial charge in [-0.25, -0.2) is 0 Å². The molecule has 0 aromatic carbocycles. The molecule has 0 saturated heterocycles. The summed E-state index contributed by atoms with van der Waals surface area (Å²) in [5, 5.41) is 3.50. The highest BCUT2D eigenvalue weighted by molar-refractivity contribution is 4.85. The lowest BCUT2D eigenvalue weighted by molar-refractivity contribution is 0.451. The molecule has 0 amide bonds. The van der Waals surface area contributed by atoms with Gasteiger partial charge in [0.05, 0.1) is 0 Å². The third-order valence-corrected chi connectivity index (χ3v) is 2.51. The SMILES string of the molecule is C#CCCNC(CC)CC1CC1. The summed E-state index contributed by atoms with van der Waals surface area (Å²) in [6.45, 7) is 3.23. The van der Waals surface area contributed by atoms with Gasteiger partial charge in [0.1, 0.15) is 0 Å². The second-order valence-electron chi connectivity index (χ2n) is 3.69. The van der Waals surface area contributed by atoms with Crippen molar-refractivity contribution in [2.75, 3.05) is 6.54 Å². The Morgan fingerprint density at radius 3 is 2.83 bits per heavy atom. The molecule has 1 atom stereocenters. The molecule has 12 heavy (non-hydrogen) atoms. The van der Waals surface area contributed by atoms with Crippen molar-refractivity contribution < 1.29 is 0 Å². The van der Waals surface area contributed by atoms with Crippen LogP contribution in [0.1, 0.15) is 39.0 Å². The molecule has 0 aliphatic heterocycles. The van der Waals surface area contributed by atoms with Gasteiger partial charge in [-0.1, -0.05) is 19.8 Å². The number of terminal acetylenes is 1. The molecule has 1 aliphatic carbocycles. The van der Waals surface area contributed by atoms with Crippen LogP contribution in [-0.4, -0.2) is 12.6 Å². The average molecular weight is 165 g/mol. The van der Waals surface area contributed by atoms with E-state index in [9.17, 15) is 0 Å². The maximum atomic E-state index is 5.18. The van der Waals surface area contributed by atoms with Gasteiger partial charge >= 0.3 is 0 Å². The summed E-state index contributed by atoms with van der Waals surface area (Å²) in [7, 11) is 0. The molecule has 1 rings (SSSR count). The first-order valence-electron chi connectivity index (χ1n) is 5.03. The van der Waals surface area contributed by atoms with Gasteiger partial charge in [0.25, 0.3) is 0 Å². The minimum atomic E-state index is 0.714. The zero-order valence-corrected chi connectivity index (χ0v) is 7.97. The molecule has 1 aliphatic rings. The van der Waals surface area contributed by atoms with Crippen molar-refractivity contribution in [1.29, 1.82) is 0 Å². The van der Waals surface area contributed by atoms with E-state index in [0.29, 0.717) is 6.04 Å². The second kappa shape index (κ2) is 5.22. The van der Waals surface area contributed by atoms with Gasteiger partial charge in [0.15, 0.2) is 0 Å². The summed E-state index contributed by atoms with van der Waals surface area (Å²) in [5.41, 5.74) is 0. The summed E-state index contributed by atoms with van der Waals surface area (Å²) in [6.07, 6.45) is 11.5. The van der Waals surface area contributed by atoms with Gasteiger partial charge < -0.3 is 5.32 Å². The molecule has 0 bridgehead atoms. The minimum absolute atomic E-state index is 0.714. The Balaban J connectivity index is 2.03. The molecule has 1 fully saturated rings. The van der Waals surface area contributed by atoms with Gasteiger partial charge in [0.2, 0.25) is 0 Å². The lowest BCUT2D eigenvalue weighted by Gasteiger charge is -2.15. The van der Waals surface area contributed by atoms with Crippen molar-refractivity contribution in [2.45, 2.75) is 45.1 Å². The maximum Gasteiger partial charge on any atom is 0.0211 e. The molecular formula is C11H19N. The first-order valence-corrected chi connectivity index (χ1v) is 5.03. The molecular weight excluding hydrogens is 146 g/mol. The number of nitrogens with one attached hydrogen (secondary N) is 1. The van der Waals surface area contributed by atoms with Crippen molar-refractivity contribution in [3.63, 3.8) is 0 Å². The predicted octanol–water partition coefficient (Wildman–Crippen LogP) is 2.18. The summed E-state index contributed by atoms with van der Waals surface area (Å²) in [6, 6.07) is 0.714. The van der Waals surface area contributed by atoms with Crippen LogP contribution in [0.25, 0.3) is 0 Å². The van der Waals surface area contributed by atoms with Crippen LogP contribution in [0.3, 0.4) is 0 Å². The van der Waals surface area contributed by atoms with Gasteiger partial charge in [-0.2, -0.15) is 0 Å². The highest BCUT2D eigenvalue weighted by Crippen LogP contribution is 2.33. The molecule has 0 radical (unpaired) electrons. The summed E-state index contributed by atoms with van der Waals surface area (Å²) in [5.74, 6) is 3.68. The van der Waals surface area contributed by atoms with Crippen LogP contribution < -0.4 is 5.32 Å². The van der Waals surface area contributed by atoms with Gasteiger partial charge in [-0.3, -0.25) is 0 Å². The van der Waals surface area contributed by atoms with Crippen LogP contribution in [0, 0.1) is 18.3 Å². The second-order valence-corrected chi connectivity index (χ2v) is 3.69. The zero-order chi connectivity index (χ0) is 8.81. The van der Waals surface area contributed by atoms with Gasteiger partial charge in [-0.05, 0) is 18.8 Å². The molecule has 0 heterocycles.